The Balaban J connectivity index is 2.40. The van der Waals surface area contributed by atoms with Gasteiger partial charge in [-0.25, -0.2) is 0 Å². The molecule has 0 saturated carbocycles. The molecule has 1 unspecified atom stereocenters. The summed E-state index contributed by atoms with van der Waals surface area (Å²) in [6.07, 6.45) is 1.13. The first-order valence-corrected chi connectivity index (χ1v) is 6.66. The SMILES string of the molecule is CCc1cccc(OCC(=O)N(C)CCC(C)O)c1. The summed E-state index contributed by atoms with van der Waals surface area (Å²) < 4.78 is 5.48. The molecule has 0 heterocycles. The van der Waals surface area contributed by atoms with Gasteiger partial charge in [0, 0.05) is 13.6 Å². The van der Waals surface area contributed by atoms with Crippen LogP contribution in [0.15, 0.2) is 24.3 Å². The van der Waals surface area contributed by atoms with Crippen molar-refractivity contribution in [3.05, 3.63) is 29.8 Å². The van der Waals surface area contributed by atoms with Crippen molar-refractivity contribution >= 4 is 5.91 Å². The predicted molar refractivity (Wildman–Crippen MR) is 75.2 cm³/mol. The van der Waals surface area contributed by atoms with Gasteiger partial charge in [0.1, 0.15) is 5.75 Å². The standard InChI is InChI=1S/C15H23NO3/c1-4-13-6-5-7-14(10-13)19-11-15(18)16(3)9-8-12(2)17/h5-7,10,12,17H,4,8-9,11H2,1-3H3. The lowest BCUT2D eigenvalue weighted by molar-refractivity contribution is -0.132. The minimum absolute atomic E-state index is 0.0312. The van der Waals surface area contributed by atoms with Crippen LogP contribution in [0, 0.1) is 0 Å². The zero-order valence-electron chi connectivity index (χ0n) is 11.9. The van der Waals surface area contributed by atoms with Crippen LogP contribution >= 0.6 is 0 Å². The molecule has 0 aliphatic carbocycles. The Morgan fingerprint density at radius 3 is 2.84 bits per heavy atom. The fourth-order valence-electron chi connectivity index (χ4n) is 1.62. The third kappa shape index (κ3) is 5.75. The Bertz CT molecular complexity index is 404. The number of hydrogen-bond donors (Lipinski definition) is 1. The molecule has 1 aromatic rings. The highest BCUT2D eigenvalue weighted by molar-refractivity contribution is 5.77. The Morgan fingerprint density at radius 2 is 2.21 bits per heavy atom. The first-order valence-electron chi connectivity index (χ1n) is 6.66. The zero-order valence-corrected chi connectivity index (χ0v) is 11.9. The molecule has 0 aromatic heterocycles. The van der Waals surface area contributed by atoms with E-state index in [0.29, 0.717) is 13.0 Å². The first-order chi connectivity index (χ1) is 9.02. The van der Waals surface area contributed by atoms with E-state index in [-0.39, 0.29) is 12.5 Å². The molecule has 1 N–H and O–H groups in total. The highest BCUT2D eigenvalue weighted by Crippen LogP contribution is 2.13. The second-order valence-corrected chi connectivity index (χ2v) is 4.74. The van der Waals surface area contributed by atoms with Crippen molar-refractivity contribution in [1.29, 1.82) is 0 Å². The van der Waals surface area contributed by atoms with Crippen LogP contribution in [-0.4, -0.2) is 42.2 Å². The number of hydrogen-bond acceptors (Lipinski definition) is 3. The number of aryl methyl sites for hydroxylation is 1. The number of aliphatic hydroxyl groups is 1. The van der Waals surface area contributed by atoms with Crippen LogP contribution in [0.3, 0.4) is 0 Å². The Kier molecular flexibility index (Phi) is 6.36. The molecule has 0 bridgehead atoms. The fraction of sp³-hybridized carbons (Fsp3) is 0.533. The molecule has 106 valence electrons. The molecule has 1 amide bonds. The third-order valence-corrected chi connectivity index (χ3v) is 2.98. The van der Waals surface area contributed by atoms with Crippen LogP contribution in [0.4, 0.5) is 0 Å². The van der Waals surface area contributed by atoms with Gasteiger partial charge in [0.25, 0.3) is 5.91 Å². The van der Waals surface area contributed by atoms with Crippen LogP contribution in [0.5, 0.6) is 5.75 Å². The van der Waals surface area contributed by atoms with Gasteiger partial charge in [-0.15, -0.1) is 0 Å². The van der Waals surface area contributed by atoms with Crippen molar-refractivity contribution in [2.24, 2.45) is 0 Å². The van der Waals surface area contributed by atoms with E-state index in [1.807, 2.05) is 24.3 Å². The smallest absolute Gasteiger partial charge is 0.260 e. The monoisotopic (exact) mass is 265 g/mol. The molecule has 0 spiro atoms. The number of amides is 1. The number of carbonyl (C=O) groups excluding carboxylic acids is 1. The van der Waals surface area contributed by atoms with Crippen molar-refractivity contribution in [3.8, 4) is 5.75 Å². The highest BCUT2D eigenvalue weighted by atomic mass is 16.5. The van der Waals surface area contributed by atoms with Gasteiger partial charge in [0.05, 0.1) is 6.10 Å². The van der Waals surface area contributed by atoms with E-state index >= 15 is 0 Å². The van der Waals surface area contributed by atoms with E-state index in [0.717, 1.165) is 12.2 Å². The number of rotatable bonds is 7. The van der Waals surface area contributed by atoms with Gasteiger partial charge in [0.15, 0.2) is 6.61 Å². The fourth-order valence-corrected chi connectivity index (χ4v) is 1.62. The molecule has 4 nitrogen and oxygen atoms in total. The number of ether oxygens (including phenoxy) is 1. The van der Waals surface area contributed by atoms with Crippen molar-refractivity contribution in [3.63, 3.8) is 0 Å². The largest absolute Gasteiger partial charge is 0.484 e. The van der Waals surface area contributed by atoms with Gasteiger partial charge in [-0.1, -0.05) is 19.1 Å². The van der Waals surface area contributed by atoms with Crippen molar-refractivity contribution < 1.29 is 14.6 Å². The Labute approximate surface area is 115 Å². The topological polar surface area (TPSA) is 49.8 Å². The van der Waals surface area contributed by atoms with Crippen LogP contribution < -0.4 is 4.74 Å². The van der Waals surface area contributed by atoms with E-state index in [4.69, 9.17) is 4.74 Å². The number of benzene rings is 1. The number of aliphatic hydroxyl groups excluding tert-OH is 1. The van der Waals surface area contributed by atoms with Crippen LogP contribution in [0.2, 0.25) is 0 Å². The maximum atomic E-state index is 11.8. The second-order valence-electron chi connectivity index (χ2n) is 4.74. The molecule has 19 heavy (non-hydrogen) atoms. The normalized spacial score (nSPS) is 12.0. The summed E-state index contributed by atoms with van der Waals surface area (Å²) >= 11 is 0. The Hall–Kier alpha value is -1.55. The maximum absolute atomic E-state index is 11.8. The minimum Gasteiger partial charge on any atom is -0.484 e. The van der Waals surface area contributed by atoms with E-state index < -0.39 is 6.10 Å². The minimum atomic E-state index is -0.391. The summed E-state index contributed by atoms with van der Waals surface area (Å²) in [7, 11) is 1.72. The van der Waals surface area contributed by atoms with E-state index in [1.54, 1.807) is 18.9 Å². The van der Waals surface area contributed by atoms with Gasteiger partial charge in [-0.05, 0) is 37.5 Å². The van der Waals surface area contributed by atoms with Gasteiger partial charge < -0.3 is 14.7 Å². The molecule has 1 aromatic carbocycles. The average molecular weight is 265 g/mol. The maximum Gasteiger partial charge on any atom is 0.260 e. The highest BCUT2D eigenvalue weighted by Gasteiger charge is 2.10. The lowest BCUT2D eigenvalue weighted by atomic mass is 10.2. The summed E-state index contributed by atoms with van der Waals surface area (Å²) in [4.78, 5) is 13.4. The molecule has 0 radical (unpaired) electrons. The summed E-state index contributed by atoms with van der Waals surface area (Å²) in [5.74, 6) is 0.638. The van der Waals surface area contributed by atoms with E-state index in [9.17, 15) is 9.90 Å². The van der Waals surface area contributed by atoms with E-state index in [2.05, 4.69) is 6.92 Å². The van der Waals surface area contributed by atoms with Gasteiger partial charge >= 0.3 is 0 Å². The molecule has 1 atom stereocenters. The summed E-state index contributed by atoms with van der Waals surface area (Å²) in [6.45, 7) is 4.36. The summed E-state index contributed by atoms with van der Waals surface area (Å²) in [6, 6.07) is 7.75. The zero-order chi connectivity index (χ0) is 14.3. The van der Waals surface area contributed by atoms with Crippen molar-refractivity contribution in [1.82, 2.24) is 4.90 Å². The molecule has 0 aliphatic rings. The Morgan fingerprint density at radius 1 is 1.47 bits per heavy atom. The number of carbonyl (C=O) groups is 1. The van der Waals surface area contributed by atoms with Gasteiger partial charge in [0.2, 0.25) is 0 Å². The average Bonchev–Trinajstić information content (AvgIpc) is 2.42. The molecular weight excluding hydrogens is 242 g/mol. The second kappa shape index (κ2) is 7.79. The van der Waals surface area contributed by atoms with Crippen LogP contribution in [0.25, 0.3) is 0 Å². The third-order valence-electron chi connectivity index (χ3n) is 2.98. The molecule has 1 rings (SSSR count). The number of nitrogens with zero attached hydrogens (tertiary/aromatic N) is 1. The first kappa shape index (κ1) is 15.5. The summed E-state index contributed by atoms with van der Waals surface area (Å²) in [5.41, 5.74) is 1.19. The van der Waals surface area contributed by atoms with Gasteiger partial charge in [-0.2, -0.15) is 0 Å². The molecule has 0 aliphatic heterocycles. The van der Waals surface area contributed by atoms with Crippen molar-refractivity contribution in [2.75, 3.05) is 20.2 Å². The molecular formula is C15H23NO3. The lowest BCUT2D eigenvalue weighted by Gasteiger charge is -2.18. The lowest BCUT2D eigenvalue weighted by Crippen LogP contribution is -2.33. The summed E-state index contributed by atoms with van der Waals surface area (Å²) in [5, 5.41) is 9.18. The van der Waals surface area contributed by atoms with Crippen LogP contribution in [0.1, 0.15) is 25.8 Å². The quantitative estimate of drug-likeness (QED) is 0.818. The molecule has 0 fully saturated rings. The number of likely N-dealkylation sites (N-methyl/N-ethyl adjacent to an activating group) is 1. The van der Waals surface area contributed by atoms with E-state index in [1.165, 1.54) is 5.56 Å². The van der Waals surface area contributed by atoms with Crippen LogP contribution in [-0.2, 0) is 11.2 Å². The predicted octanol–water partition coefficient (Wildman–Crippen LogP) is 1.86. The van der Waals surface area contributed by atoms with Crippen molar-refractivity contribution in [2.45, 2.75) is 32.8 Å². The van der Waals surface area contributed by atoms with Gasteiger partial charge in [-0.3, -0.25) is 4.79 Å². The molecule has 0 saturated heterocycles. The molecule has 4 heteroatoms.